The number of piperazine rings is 1. The van der Waals surface area contributed by atoms with Crippen LogP contribution in [0.2, 0.25) is 0 Å². The normalized spacial score (nSPS) is 18.2. The van der Waals surface area contributed by atoms with Crippen molar-refractivity contribution in [1.29, 1.82) is 0 Å². The number of fused-ring (bicyclic) bond motifs is 2. The van der Waals surface area contributed by atoms with Gasteiger partial charge in [-0.05, 0) is 49.9 Å². The molecule has 0 bridgehead atoms. The topological polar surface area (TPSA) is 111 Å². The Morgan fingerprint density at radius 2 is 1.95 bits per heavy atom. The summed E-state index contributed by atoms with van der Waals surface area (Å²) in [5.41, 5.74) is 9.70. The summed E-state index contributed by atoms with van der Waals surface area (Å²) < 4.78 is 37.4. The molecule has 0 spiro atoms. The number of hydrogen-bond acceptors (Lipinski definition) is 8. The maximum Gasteiger partial charge on any atom is 0.490 e. The third kappa shape index (κ3) is 8.12. The first-order chi connectivity index (χ1) is 19.6. The molecule has 3 heterocycles. The zero-order valence-electron chi connectivity index (χ0n) is 23.5. The number of aliphatic carboxylic acids is 1. The van der Waals surface area contributed by atoms with Gasteiger partial charge in [0.2, 0.25) is 0 Å². The number of hydrogen-bond donors (Lipinski definition) is 3. The third-order valence-corrected chi connectivity index (χ3v) is 8.68. The van der Waals surface area contributed by atoms with Crippen LogP contribution >= 0.6 is 11.3 Å². The molecule has 1 aliphatic heterocycles. The van der Waals surface area contributed by atoms with Gasteiger partial charge in [-0.25, -0.2) is 9.78 Å². The van der Waals surface area contributed by atoms with Crippen LogP contribution in [0.5, 0.6) is 5.75 Å². The molecule has 1 fully saturated rings. The van der Waals surface area contributed by atoms with Gasteiger partial charge in [0, 0.05) is 73.8 Å². The Kier molecular flexibility index (Phi) is 10.5. The number of carbonyl (C=O) groups is 1. The summed E-state index contributed by atoms with van der Waals surface area (Å²) in [4.78, 5) is 26.2. The predicted molar refractivity (Wildman–Crippen MR) is 154 cm³/mol. The van der Waals surface area contributed by atoms with E-state index in [-0.39, 0.29) is 0 Å². The molecule has 0 saturated carbocycles. The fourth-order valence-corrected chi connectivity index (χ4v) is 6.60. The van der Waals surface area contributed by atoms with Crippen LogP contribution in [0.25, 0.3) is 10.9 Å². The monoisotopic (exact) mass is 596 g/mol. The van der Waals surface area contributed by atoms with Crippen molar-refractivity contribution in [2.45, 2.75) is 51.4 Å². The van der Waals surface area contributed by atoms with Crippen LogP contribution in [0.15, 0.2) is 24.4 Å². The summed E-state index contributed by atoms with van der Waals surface area (Å²) in [7, 11) is 1.76. The number of nitrogens with zero attached hydrogens (tertiary/aromatic N) is 4. The van der Waals surface area contributed by atoms with Gasteiger partial charge in [-0.1, -0.05) is 13.0 Å². The number of nitrogens with two attached hydrogens (primary N) is 1. The molecule has 2 aromatic heterocycles. The van der Waals surface area contributed by atoms with E-state index < -0.39 is 12.1 Å². The maximum absolute atomic E-state index is 10.6. The second kappa shape index (κ2) is 13.9. The Morgan fingerprint density at radius 1 is 1.24 bits per heavy atom. The molecule has 3 aromatic rings. The van der Waals surface area contributed by atoms with Crippen molar-refractivity contribution >= 4 is 33.3 Å². The zero-order valence-corrected chi connectivity index (χ0v) is 24.4. The molecule has 1 aliphatic carbocycles. The van der Waals surface area contributed by atoms with Gasteiger partial charge in [-0.3, -0.25) is 14.7 Å². The summed E-state index contributed by atoms with van der Waals surface area (Å²) in [6, 6.07) is 6.85. The van der Waals surface area contributed by atoms with Gasteiger partial charge in [0.25, 0.3) is 0 Å². The number of H-pyrrole nitrogens is 1. The molecule has 2 aliphatic rings. The van der Waals surface area contributed by atoms with Crippen LogP contribution in [0, 0.1) is 0 Å². The van der Waals surface area contributed by atoms with Crippen LogP contribution in [-0.2, 0) is 24.2 Å². The molecule has 5 rings (SSSR count). The van der Waals surface area contributed by atoms with Crippen molar-refractivity contribution in [1.82, 2.24) is 24.7 Å². The number of aryl methyl sites for hydroxylation is 1. The first kappa shape index (κ1) is 31.1. The lowest BCUT2D eigenvalue weighted by atomic mass is 9.96. The SMILES string of the molecule is CCCN(CCN1CCN(Cc2c[nH]c3cccc(OC)c23)CC1)C1CCc2nc(N)sc2C1.O=C(O)C(F)(F)F. The molecule has 1 aromatic carbocycles. The molecule has 41 heavy (non-hydrogen) atoms. The summed E-state index contributed by atoms with van der Waals surface area (Å²) in [6.45, 7) is 11.3. The zero-order chi connectivity index (χ0) is 29.6. The molecule has 0 radical (unpaired) electrons. The number of thiazole rings is 1. The van der Waals surface area contributed by atoms with E-state index in [4.69, 9.17) is 20.4 Å². The minimum atomic E-state index is -5.08. The highest BCUT2D eigenvalue weighted by Gasteiger charge is 2.38. The number of rotatable bonds is 9. The second-order valence-electron chi connectivity index (χ2n) is 10.5. The quantitative estimate of drug-likeness (QED) is 0.337. The standard InChI is InChI=1S/C26H38N6OS.C2HF3O2/c1-3-9-32(20-7-8-21-24(16-20)34-26(27)29-21)15-14-30-10-12-31(13-11-30)18-19-17-28-22-5-4-6-23(33-2)25(19)22;3-2(4,5)1(6)7/h4-6,17,20,28H,3,7-16,18H2,1-2H3,(H2,27,29);(H,6,7). The lowest BCUT2D eigenvalue weighted by Gasteiger charge is -2.38. The van der Waals surface area contributed by atoms with Crippen molar-refractivity contribution in [2.24, 2.45) is 0 Å². The van der Waals surface area contributed by atoms with Crippen molar-refractivity contribution in [3.8, 4) is 5.75 Å². The predicted octanol–water partition coefficient (Wildman–Crippen LogP) is 4.24. The van der Waals surface area contributed by atoms with Gasteiger partial charge in [0.15, 0.2) is 5.13 Å². The molecule has 1 atom stereocenters. The van der Waals surface area contributed by atoms with Crippen molar-refractivity contribution in [3.05, 3.63) is 40.5 Å². The van der Waals surface area contributed by atoms with E-state index in [9.17, 15) is 13.2 Å². The van der Waals surface area contributed by atoms with Crippen molar-refractivity contribution in [3.63, 3.8) is 0 Å². The number of halogens is 3. The van der Waals surface area contributed by atoms with E-state index in [0.29, 0.717) is 6.04 Å². The molecule has 13 heteroatoms. The molecular weight excluding hydrogens is 557 g/mol. The molecule has 1 saturated heterocycles. The first-order valence-corrected chi connectivity index (χ1v) is 14.8. The number of nitrogen functional groups attached to an aromatic ring is 1. The highest BCUT2D eigenvalue weighted by Crippen LogP contribution is 2.31. The van der Waals surface area contributed by atoms with Gasteiger partial charge in [0.05, 0.1) is 12.8 Å². The number of alkyl halides is 3. The summed E-state index contributed by atoms with van der Waals surface area (Å²) >= 11 is 1.69. The summed E-state index contributed by atoms with van der Waals surface area (Å²) in [5, 5.41) is 9.08. The summed E-state index contributed by atoms with van der Waals surface area (Å²) in [6.07, 6.45) is 1.67. The number of ether oxygens (including phenoxy) is 1. The number of carboxylic acids is 1. The van der Waals surface area contributed by atoms with Crippen LogP contribution in [0.3, 0.4) is 0 Å². The lowest BCUT2D eigenvalue weighted by molar-refractivity contribution is -0.192. The van der Waals surface area contributed by atoms with E-state index in [0.717, 1.165) is 75.1 Å². The molecule has 1 unspecified atom stereocenters. The van der Waals surface area contributed by atoms with E-state index in [1.165, 1.54) is 40.9 Å². The Bertz CT molecular complexity index is 1290. The van der Waals surface area contributed by atoms with Crippen LogP contribution in [-0.4, -0.2) is 101 Å². The highest BCUT2D eigenvalue weighted by molar-refractivity contribution is 7.15. The van der Waals surface area contributed by atoms with Gasteiger partial charge in [0.1, 0.15) is 5.75 Å². The molecule has 0 amide bonds. The highest BCUT2D eigenvalue weighted by atomic mass is 32.1. The molecule has 4 N–H and O–H groups in total. The number of aromatic nitrogens is 2. The Morgan fingerprint density at radius 3 is 2.61 bits per heavy atom. The van der Waals surface area contributed by atoms with E-state index >= 15 is 0 Å². The van der Waals surface area contributed by atoms with Crippen molar-refractivity contribution < 1.29 is 27.8 Å². The van der Waals surface area contributed by atoms with Gasteiger partial charge in [-0.15, -0.1) is 11.3 Å². The Balaban J connectivity index is 0.000000493. The number of aromatic amines is 1. The Labute approximate surface area is 242 Å². The number of anilines is 1. The fourth-order valence-electron chi connectivity index (χ4n) is 5.65. The molecule has 226 valence electrons. The average Bonchev–Trinajstić information content (AvgIpc) is 3.53. The largest absolute Gasteiger partial charge is 0.496 e. The second-order valence-corrected chi connectivity index (χ2v) is 11.6. The van der Waals surface area contributed by atoms with Gasteiger partial charge in [-0.2, -0.15) is 13.2 Å². The number of carboxylic acid groups (broad SMARTS) is 1. The van der Waals surface area contributed by atoms with Crippen LogP contribution in [0.1, 0.15) is 35.9 Å². The molecule has 9 nitrogen and oxygen atoms in total. The van der Waals surface area contributed by atoms with E-state index in [1.807, 2.05) is 6.07 Å². The average molecular weight is 597 g/mol. The van der Waals surface area contributed by atoms with Gasteiger partial charge < -0.3 is 20.6 Å². The summed E-state index contributed by atoms with van der Waals surface area (Å²) in [5.74, 6) is -1.80. The maximum atomic E-state index is 10.6. The first-order valence-electron chi connectivity index (χ1n) is 13.9. The minimum absolute atomic E-state index is 0.630. The smallest absolute Gasteiger partial charge is 0.490 e. The van der Waals surface area contributed by atoms with E-state index in [1.54, 1.807) is 18.4 Å². The Hall–Kier alpha value is -2.87. The minimum Gasteiger partial charge on any atom is -0.496 e. The van der Waals surface area contributed by atoms with Crippen LogP contribution in [0.4, 0.5) is 18.3 Å². The van der Waals surface area contributed by atoms with Gasteiger partial charge >= 0.3 is 12.1 Å². The lowest BCUT2D eigenvalue weighted by Crippen LogP contribution is -2.49. The number of methoxy groups -OCH3 is 1. The number of nitrogens with one attached hydrogen (secondary N) is 1. The van der Waals surface area contributed by atoms with Crippen LogP contribution < -0.4 is 10.5 Å². The van der Waals surface area contributed by atoms with Crippen molar-refractivity contribution in [2.75, 3.05) is 58.7 Å². The number of benzene rings is 1. The molecular formula is C28H39F3N6O3S. The third-order valence-electron chi connectivity index (χ3n) is 7.73. The fraction of sp³-hybridized carbons (Fsp3) is 0.571. The van der Waals surface area contributed by atoms with E-state index in [2.05, 4.69) is 49.9 Å².